The van der Waals surface area contributed by atoms with Gasteiger partial charge < -0.3 is 5.32 Å². The van der Waals surface area contributed by atoms with Crippen molar-refractivity contribution >= 4 is 31.6 Å². The molecule has 8 heteroatoms. The van der Waals surface area contributed by atoms with Gasteiger partial charge in [-0.3, -0.25) is 9.82 Å². The van der Waals surface area contributed by atoms with Crippen LogP contribution >= 0.6 is 15.9 Å². The van der Waals surface area contributed by atoms with Crippen molar-refractivity contribution in [3.63, 3.8) is 0 Å². The number of anilines is 1. The lowest BCUT2D eigenvalue weighted by Gasteiger charge is -2.10. The van der Waals surface area contributed by atoms with Crippen molar-refractivity contribution < 1.29 is 8.42 Å². The van der Waals surface area contributed by atoms with Crippen molar-refractivity contribution in [1.29, 1.82) is 0 Å². The highest BCUT2D eigenvalue weighted by atomic mass is 79.9. The van der Waals surface area contributed by atoms with Crippen LogP contribution in [-0.4, -0.2) is 25.7 Å². The fourth-order valence-corrected chi connectivity index (χ4v) is 3.78. The molecular weight excluding hydrogens is 356 g/mol. The van der Waals surface area contributed by atoms with Gasteiger partial charge in [0.15, 0.2) is 0 Å². The Kier molecular flexibility index (Phi) is 4.70. The molecular formula is C13H17BrN4O2S. The number of nitrogens with zero attached hydrogens (tertiary/aromatic N) is 1. The number of aromatic amines is 1. The summed E-state index contributed by atoms with van der Waals surface area (Å²) in [7, 11) is -1.97. The smallest absolute Gasteiger partial charge is 0.281 e. The van der Waals surface area contributed by atoms with Crippen LogP contribution in [0.3, 0.4) is 0 Å². The van der Waals surface area contributed by atoms with Crippen LogP contribution in [0.5, 0.6) is 0 Å². The van der Waals surface area contributed by atoms with Gasteiger partial charge in [0.05, 0.1) is 5.69 Å². The van der Waals surface area contributed by atoms with Gasteiger partial charge in [0.25, 0.3) is 10.0 Å². The summed E-state index contributed by atoms with van der Waals surface area (Å²) in [5.74, 6) is 0. The predicted octanol–water partition coefficient (Wildman–Crippen LogP) is 2.31. The van der Waals surface area contributed by atoms with Crippen molar-refractivity contribution in [2.45, 2.75) is 25.4 Å². The molecule has 1 aromatic heterocycles. The Labute approximate surface area is 132 Å². The highest BCUT2D eigenvalue weighted by Crippen LogP contribution is 2.24. The topological polar surface area (TPSA) is 86.9 Å². The van der Waals surface area contributed by atoms with Crippen LogP contribution in [0.4, 0.5) is 5.69 Å². The molecule has 0 atom stereocenters. The Morgan fingerprint density at radius 2 is 2.05 bits per heavy atom. The number of benzene rings is 1. The molecule has 21 heavy (non-hydrogen) atoms. The standard InChI is InChI=1S/C13H17BrN4O2S/c1-8-6-10(14)4-5-12(8)18-21(19,20)13-11(7-15-3)9(2)16-17-13/h4-6,15,18H,7H2,1-3H3,(H,16,17). The van der Waals surface area contributed by atoms with Gasteiger partial charge in [0.2, 0.25) is 5.03 Å². The highest BCUT2D eigenvalue weighted by Gasteiger charge is 2.24. The number of nitrogens with one attached hydrogen (secondary N) is 3. The zero-order valence-corrected chi connectivity index (χ0v) is 14.4. The molecule has 3 N–H and O–H groups in total. The fourth-order valence-electron chi connectivity index (χ4n) is 1.97. The number of aryl methyl sites for hydroxylation is 2. The first-order valence-corrected chi connectivity index (χ1v) is 8.60. The normalized spacial score (nSPS) is 11.6. The third-order valence-corrected chi connectivity index (χ3v) is 4.91. The summed E-state index contributed by atoms with van der Waals surface area (Å²) < 4.78 is 28.5. The number of aromatic nitrogens is 2. The Morgan fingerprint density at radius 3 is 2.67 bits per heavy atom. The number of halogens is 1. The zero-order valence-electron chi connectivity index (χ0n) is 12.0. The molecule has 0 spiro atoms. The Morgan fingerprint density at radius 1 is 1.33 bits per heavy atom. The van der Waals surface area contributed by atoms with Gasteiger partial charge in [-0.25, -0.2) is 0 Å². The molecule has 0 amide bonds. The second-order valence-electron chi connectivity index (χ2n) is 4.73. The second-order valence-corrected chi connectivity index (χ2v) is 7.24. The lowest BCUT2D eigenvalue weighted by atomic mass is 10.2. The summed E-state index contributed by atoms with van der Waals surface area (Å²) in [5.41, 5.74) is 2.74. The summed E-state index contributed by atoms with van der Waals surface area (Å²) in [6, 6.07) is 5.35. The minimum Gasteiger partial charge on any atom is -0.316 e. The van der Waals surface area contributed by atoms with Crippen LogP contribution in [0.2, 0.25) is 0 Å². The molecule has 2 aromatic rings. The van der Waals surface area contributed by atoms with Crippen molar-refractivity contribution in [3.05, 3.63) is 39.5 Å². The average molecular weight is 373 g/mol. The number of rotatable bonds is 5. The van der Waals surface area contributed by atoms with Gasteiger partial charge in [-0.15, -0.1) is 0 Å². The van der Waals surface area contributed by atoms with E-state index in [1.165, 1.54) is 0 Å². The van der Waals surface area contributed by atoms with Crippen LogP contribution < -0.4 is 10.0 Å². The van der Waals surface area contributed by atoms with Gasteiger partial charge in [-0.2, -0.15) is 13.5 Å². The van der Waals surface area contributed by atoms with E-state index in [1.807, 2.05) is 13.0 Å². The lowest BCUT2D eigenvalue weighted by molar-refractivity contribution is 0.595. The van der Waals surface area contributed by atoms with Crippen LogP contribution in [0.25, 0.3) is 0 Å². The fraction of sp³-hybridized carbons (Fsp3) is 0.308. The number of H-pyrrole nitrogens is 1. The molecule has 0 aliphatic rings. The maximum absolute atomic E-state index is 12.5. The molecule has 0 bridgehead atoms. The van der Waals surface area contributed by atoms with E-state index >= 15 is 0 Å². The third kappa shape index (κ3) is 3.45. The first-order valence-electron chi connectivity index (χ1n) is 6.32. The largest absolute Gasteiger partial charge is 0.316 e. The van der Waals surface area contributed by atoms with E-state index in [1.54, 1.807) is 26.1 Å². The molecule has 0 radical (unpaired) electrons. The van der Waals surface area contributed by atoms with Crippen molar-refractivity contribution in [2.24, 2.45) is 0 Å². The van der Waals surface area contributed by atoms with E-state index in [9.17, 15) is 8.42 Å². The minimum atomic E-state index is -3.73. The van der Waals surface area contributed by atoms with E-state index in [0.29, 0.717) is 17.8 Å². The van der Waals surface area contributed by atoms with Crippen LogP contribution in [-0.2, 0) is 16.6 Å². The number of hydrogen-bond donors (Lipinski definition) is 3. The van der Waals surface area contributed by atoms with E-state index in [-0.39, 0.29) is 5.03 Å². The van der Waals surface area contributed by atoms with Crippen molar-refractivity contribution in [1.82, 2.24) is 15.5 Å². The van der Waals surface area contributed by atoms with Gasteiger partial charge in [-0.05, 0) is 44.7 Å². The summed E-state index contributed by atoms with van der Waals surface area (Å²) in [6.45, 7) is 4.06. The Balaban J connectivity index is 2.39. The van der Waals surface area contributed by atoms with Crippen LogP contribution in [0, 0.1) is 13.8 Å². The first kappa shape index (κ1) is 16.0. The van der Waals surface area contributed by atoms with Crippen molar-refractivity contribution in [2.75, 3.05) is 11.8 Å². The summed E-state index contributed by atoms with van der Waals surface area (Å²) >= 11 is 3.35. The molecule has 1 heterocycles. The highest BCUT2D eigenvalue weighted by molar-refractivity contribution is 9.10. The van der Waals surface area contributed by atoms with Crippen molar-refractivity contribution in [3.8, 4) is 0 Å². The molecule has 0 saturated heterocycles. The zero-order chi connectivity index (χ0) is 15.6. The number of hydrogen-bond acceptors (Lipinski definition) is 4. The minimum absolute atomic E-state index is 0.0247. The van der Waals surface area contributed by atoms with Gasteiger partial charge in [-0.1, -0.05) is 15.9 Å². The summed E-state index contributed by atoms with van der Waals surface area (Å²) in [5, 5.41) is 9.62. The van der Waals surface area contributed by atoms with E-state index in [4.69, 9.17) is 0 Å². The van der Waals surface area contributed by atoms with E-state index < -0.39 is 10.0 Å². The monoisotopic (exact) mass is 372 g/mol. The first-order chi connectivity index (χ1) is 9.85. The molecule has 0 aliphatic carbocycles. The summed E-state index contributed by atoms with van der Waals surface area (Å²) in [6.07, 6.45) is 0. The average Bonchev–Trinajstić information content (AvgIpc) is 2.76. The third-order valence-electron chi connectivity index (χ3n) is 3.08. The summed E-state index contributed by atoms with van der Waals surface area (Å²) in [4.78, 5) is 0. The molecule has 0 aliphatic heterocycles. The van der Waals surface area contributed by atoms with Crippen LogP contribution in [0.1, 0.15) is 16.8 Å². The SMILES string of the molecule is CNCc1c(S(=O)(=O)Nc2ccc(Br)cc2C)n[nH]c1C. The lowest BCUT2D eigenvalue weighted by Crippen LogP contribution is -2.18. The van der Waals surface area contributed by atoms with Gasteiger partial charge in [0.1, 0.15) is 0 Å². The van der Waals surface area contributed by atoms with Gasteiger partial charge >= 0.3 is 0 Å². The molecule has 6 nitrogen and oxygen atoms in total. The maximum Gasteiger partial charge on any atom is 0.281 e. The maximum atomic E-state index is 12.5. The van der Waals surface area contributed by atoms with E-state index in [0.717, 1.165) is 15.7 Å². The molecule has 0 unspecified atom stereocenters. The van der Waals surface area contributed by atoms with E-state index in [2.05, 4.69) is 36.2 Å². The molecule has 0 saturated carbocycles. The quantitative estimate of drug-likeness (QED) is 0.751. The molecule has 2 rings (SSSR count). The molecule has 0 fully saturated rings. The molecule has 1 aromatic carbocycles. The van der Waals surface area contributed by atoms with Gasteiger partial charge in [0, 0.05) is 22.3 Å². The predicted molar refractivity (Wildman–Crippen MR) is 85.8 cm³/mol. The van der Waals surface area contributed by atoms with Crippen LogP contribution in [0.15, 0.2) is 27.7 Å². The Bertz CT molecular complexity index is 756. The molecule has 114 valence electrons. The number of sulfonamides is 1. The second kappa shape index (κ2) is 6.17. The Hall–Kier alpha value is -1.38.